The lowest BCUT2D eigenvalue weighted by molar-refractivity contribution is -0.115. The van der Waals surface area contributed by atoms with Gasteiger partial charge in [-0.25, -0.2) is 8.42 Å². The molecule has 1 heterocycles. The van der Waals surface area contributed by atoms with Crippen molar-refractivity contribution in [2.75, 3.05) is 17.6 Å². The molecule has 1 amide bonds. The molecule has 26 heavy (non-hydrogen) atoms. The smallest absolute Gasteiger partial charge is 0.225 e. The summed E-state index contributed by atoms with van der Waals surface area (Å²) in [5.41, 5.74) is 4.94. The van der Waals surface area contributed by atoms with Crippen LogP contribution in [0.25, 0.3) is 0 Å². The lowest BCUT2D eigenvalue weighted by Gasteiger charge is -2.28. The lowest BCUT2D eigenvalue weighted by atomic mass is 10.0. The Labute approximate surface area is 155 Å². The van der Waals surface area contributed by atoms with Gasteiger partial charge in [0.25, 0.3) is 0 Å². The van der Waals surface area contributed by atoms with E-state index in [1.807, 2.05) is 56.3 Å². The summed E-state index contributed by atoms with van der Waals surface area (Å²) in [6, 6.07) is 13.7. The molecule has 0 aliphatic carbocycles. The molecule has 0 saturated heterocycles. The van der Waals surface area contributed by atoms with Gasteiger partial charge in [0.2, 0.25) is 15.9 Å². The predicted molar refractivity (Wildman–Crippen MR) is 104 cm³/mol. The van der Waals surface area contributed by atoms with Crippen molar-refractivity contribution in [3.8, 4) is 0 Å². The molecule has 0 unspecified atom stereocenters. The van der Waals surface area contributed by atoms with Crippen molar-refractivity contribution in [3.63, 3.8) is 0 Å². The number of anilines is 1. The van der Waals surface area contributed by atoms with Crippen molar-refractivity contribution in [1.29, 1.82) is 0 Å². The number of carbonyl (C=O) groups excluding carboxylic acids is 1. The van der Waals surface area contributed by atoms with Gasteiger partial charge in [0, 0.05) is 25.2 Å². The number of para-hydroxylation sites is 1. The molecule has 0 atom stereocenters. The number of nitrogens with zero attached hydrogens (tertiary/aromatic N) is 1. The fourth-order valence-electron chi connectivity index (χ4n) is 3.27. The van der Waals surface area contributed by atoms with Crippen LogP contribution in [-0.4, -0.2) is 30.9 Å². The van der Waals surface area contributed by atoms with E-state index in [2.05, 4.69) is 5.32 Å². The maximum Gasteiger partial charge on any atom is 0.225 e. The molecule has 1 aliphatic rings. The van der Waals surface area contributed by atoms with Crippen molar-refractivity contribution < 1.29 is 13.2 Å². The van der Waals surface area contributed by atoms with E-state index in [1.54, 1.807) is 0 Å². The van der Waals surface area contributed by atoms with Crippen LogP contribution in [0.5, 0.6) is 0 Å². The second-order valence-electron chi connectivity index (χ2n) is 6.73. The largest absolute Gasteiger partial charge is 0.326 e. The van der Waals surface area contributed by atoms with Crippen LogP contribution in [0, 0.1) is 13.8 Å². The number of fused-ring (bicyclic) bond motifs is 1. The molecule has 2 aromatic carbocycles. The second-order valence-corrected chi connectivity index (χ2v) is 8.82. The standard InChI is InChI=1S/C20H24N2O3S/c1-15-6-5-7-16(2)20(15)21-19(23)11-13-26(24,25)22-12-10-17-8-3-4-9-18(17)14-22/h3-9H,10-14H2,1-2H3,(H,21,23). The topological polar surface area (TPSA) is 66.5 Å². The van der Waals surface area contributed by atoms with Crippen molar-refractivity contribution in [2.24, 2.45) is 0 Å². The zero-order valence-electron chi connectivity index (χ0n) is 15.2. The second kappa shape index (κ2) is 7.60. The number of hydrogen-bond donors (Lipinski definition) is 1. The molecule has 0 aromatic heterocycles. The fourth-order valence-corrected chi connectivity index (χ4v) is 4.68. The summed E-state index contributed by atoms with van der Waals surface area (Å²) in [6.45, 7) is 4.70. The van der Waals surface area contributed by atoms with Gasteiger partial charge in [0.05, 0.1) is 5.75 Å². The number of hydrogen-bond acceptors (Lipinski definition) is 3. The normalized spacial score (nSPS) is 14.7. The van der Waals surface area contributed by atoms with Crippen LogP contribution in [0.2, 0.25) is 0 Å². The number of carbonyl (C=O) groups is 1. The van der Waals surface area contributed by atoms with Gasteiger partial charge < -0.3 is 5.32 Å². The van der Waals surface area contributed by atoms with Gasteiger partial charge in [-0.1, -0.05) is 42.5 Å². The molecule has 138 valence electrons. The molecule has 0 bridgehead atoms. The van der Waals surface area contributed by atoms with Crippen LogP contribution in [0.1, 0.15) is 28.7 Å². The Kier molecular flexibility index (Phi) is 5.44. The van der Waals surface area contributed by atoms with Crippen LogP contribution in [0.4, 0.5) is 5.69 Å². The van der Waals surface area contributed by atoms with Crippen molar-refractivity contribution >= 4 is 21.6 Å². The van der Waals surface area contributed by atoms with Gasteiger partial charge in [0.1, 0.15) is 0 Å². The molecular formula is C20H24N2O3S. The monoisotopic (exact) mass is 372 g/mol. The molecule has 0 saturated carbocycles. The molecule has 0 spiro atoms. The molecule has 3 rings (SSSR count). The number of benzene rings is 2. The average molecular weight is 372 g/mol. The predicted octanol–water partition coefficient (Wildman–Crippen LogP) is 3.02. The summed E-state index contributed by atoms with van der Waals surface area (Å²) in [7, 11) is -3.46. The Bertz CT molecular complexity index is 902. The third-order valence-corrected chi connectivity index (χ3v) is 6.64. The molecule has 5 nitrogen and oxygen atoms in total. The summed E-state index contributed by atoms with van der Waals surface area (Å²) >= 11 is 0. The van der Waals surface area contributed by atoms with Gasteiger partial charge in [-0.05, 0) is 42.5 Å². The molecule has 0 radical (unpaired) electrons. The quantitative estimate of drug-likeness (QED) is 0.877. The SMILES string of the molecule is Cc1cccc(C)c1NC(=O)CCS(=O)(=O)N1CCc2ccccc2C1. The van der Waals surface area contributed by atoms with Crippen LogP contribution >= 0.6 is 0 Å². The van der Waals surface area contributed by atoms with Crippen molar-refractivity contribution in [1.82, 2.24) is 4.31 Å². The third kappa shape index (κ3) is 4.14. The van der Waals surface area contributed by atoms with E-state index in [9.17, 15) is 13.2 Å². The Morgan fingerprint density at radius 2 is 1.69 bits per heavy atom. The van der Waals surface area contributed by atoms with Crippen LogP contribution in [-0.2, 0) is 27.8 Å². The fraction of sp³-hybridized carbons (Fsp3) is 0.350. The summed E-state index contributed by atoms with van der Waals surface area (Å²) in [6.07, 6.45) is 0.665. The number of amides is 1. The van der Waals surface area contributed by atoms with Gasteiger partial charge in [0.15, 0.2) is 0 Å². The number of sulfonamides is 1. The Morgan fingerprint density at radius 1 is 1.04 bits per heavy atom. The highest BCUT2D eigenvalue weighted by atomic mass is 32.2. The highest BCUT2D eigenvalue weighted by Gasteiger charge is 2.27. The van der Waals surface area contributed by atoms with Crippen LogP contribution in [0.15, 0.2) is 42.5 Å². The minimum atomic E-state index is -3.46. The van der Waals surface area contributed by atoms with Crippen molar-refractivity contribution in [2.45, 2.75) is 33.2 Å². The van der Waals surface area contributed by atoms with E-state index in [4.69, 9.17) is 0 Å². The molecule has 2 aromatic rings. The first-order chi connectivity index (χ1) is 12.4. The van der Waals surface area contributed by atoms with Crippen molar-refractivity contribution in [3.05, 3.63) is 64.7 Å². The van der Waals surface area contributed by atoms with Gasteiger partial charge in [-0.3, -0.25) is 4.79 Å². The highest BCUT2D eigenvalue weighted by molar-refractivity contribution is 7.89. The van der Waals surface area contributed by atoms with E-state index in [0.29, 0.717) is 19.5 Å². The van der Waals surface area contributed by atoms with Gasteiger partial charge in [-0.2, -0.15) is 4.31 Å². The zero-order chi connectivity index (χ0) is 18.7. The minimum absolute atomic E-state index is 0.0474. The first-order valence-electron chi connectivity index (χ1n) is 8.77. The van der Waals surface area contributed by atoms with Gasteiger partial charge in [-0.15, -0.1) is 0 Å². The number of aryl methyl sites for hydroxylation is 2. The van der Waals surface area contributed by atoms with E-state index in [0.717, 1.165) is 22.4 Å². The van der Waals surface area contributed by atoms with Gasteiger partial charge >= 0.3 is 0 Å². The molecular weight excluding hydrogens is 348 g/mol. The summed E-state index contributed by atoms with van der Waals surface area (Å²) < 4.78 is 26.8. The minimum Gasteiger partial charge on any atom is -0.326 e. The summed E-state index contributed by atoms with van der Waals surface area (Å²) in [5.74, 6) is -0.449. The van der Waals surface area contributed by atoms with E-state index < -0.39 is 10.0 Å². The maximum absolute atomic E-state index is 12.6. The Balaban J connectivity index is 1.61. The van der Waals surface area contributed by atoms with E-state index >= 15 is 0 Å². The van der Waals surface area contributed by atoms with Crippen LogP contribution in [0.3, 0.4) is 0 Å². The summed E-state index contributed by atoms with van der Waals surface area (Å²) in [5, 5.41) is 2.85. The molecule has 0 fully saturated rings. The van der Waals surface area contributed by atoms with Crippen LogP contribution < -0.4 is 5.32 Å². The highest BCUT2D eigenvalue weighted by Crippen LogP contribution is 2.22. The zero-order valence-corrected chi connectivity index (χ0v) is 16.0. The molecule has 1 aliphatic heterocycles. The number of rotatable bonds is 5. The first-order valence-corrected chi connectivity index (χ1v) is 10.4. The Hall–Kier alpha value is -2.18. The maximum atomic E-state index is 12.6. The Morgan fingerprint density at radius 3 is 2.38 bits per heavy atom. The average Bonchev–Trinajstić information content (AvgIpc) is 2.63. The molecule has 1 N–H and O–H groups in total. The summed E-state index contributed by atoms with van der Waals surface area (Å²) in [4.78, 5) is 12.3. The number of nitrogens with one attached hydrogen (secondary N) is 1. The molecule has 6 heteroatoms. The third-order valence-electron chi connectivity index (χ3n) is 4.82. The lowest BCUT2D eigenvalue weighted by Crippen LogP contribution is -2.38. The first kappa shape index (κ1) is 18.6. The van der Waals surface area contributed by atoms with E-state index in [1.165, 1.54) is 9.87 Å². The van der Waals surface area contributed by atoms with E-state index in [-0.39, 0.29) is 18.1 Å².